The molecule has 1 aromatic carbocycles. The molecule has 136 valence electrons. The molecule has 1 aromatic rings. The highest BCUT2D eigenvalue weighted by Crippen LogP contribution is 2.30. The van der Waals surface area contributed by atoms with Crippen molar-refractivity contribution in [2.75, 3.05) is 25.9 Å². The van der Waals surface area contributed by atoms with Gasteiger partial charge in [0.2, 0.25) is 5.91 Å². The Hall–Kier alpha value is -0.820. The Balaban J connectivity index is 0.00000288. The van der Waals surface area contributed by atoms with Crippen LogP contribution in [-0.4, -0.2) is 49.9 Å². The number of carbonyl (C=O) groups excluding carboxylic acids is 1. The van der Waals surface area contributed by atoms with E-state index in [0.717, 1.165) is 5.56 Å². The summed E-state index contributed by atoms with van der Waals surface area (Å²) >= 11 is 5.88. The van der Waals surface area contributed by atoms with Gasteiger partial charge in [-0.05, 0) is 50.6 Å². The molecule has 2 rings (SSSR count). The Morgan fingerprint density at radius 2 is 1.79 bits per heavy atom. The van der Waals surface area contributed by atoms with Gasteiger partial charge in [-0.3, -0.25) is 4.79 Å². The Labute approximate surface area is 155 Å². The second-order valence-corrected chi connectivity index (χ2v) is 8.72. The van der Waals surface area contributed by atoms with Crippen LogP contribution in [0.15, 0.2) is 24.3 Å². The predicted molar refractivity (Wildman–Crippen MR) is 99.5 cm³/mol. The van der Waals surface area contributed by atoms with Crippen LogP contribution >= 0.6 is 24.0 Å². The second-order valence-electron chi connectivity index (χ2n) is 5.96. The predicted octanol–water partition coefficient (Wildman–Crippen LogP) is 2.28. The number of benzene rings is 1. The van der Waals surface area contributed by atoms with Gasteiger partial charge in [0.25, 0.3) is 0 Å². The first kappa shape index (κ1) is 21.2. The highest BCUT2D eigenvalue weighted by atomic mass is 35.5. The Morgan fingerprint density at radius 3 is 2.25 bits per heavy atom. The summed E-state index contributed by atoms with van der Waals surface area (Å²) in [7, 11) is -3.49. The second kappa shape index (κ2) is 8.52. The lowest BCUT2D eigenvalue weighted by Crippen LogP contribution is -2.58. The molecule has 24 heavy (non-hydrogen) atoms. The van der Waals surface area contributed by atoms with Crippen LogP contribution in [0, 0.1) is 0 Å². The molecule has 0 radical (unpaired) electrons. The molecule has 1 fully saturated rings. The first-order chi connectivity index (χ1) is 10.8. The van der Waals surface area contributed by atoms with Gasteiger partial charge in [0, 0.05) is 24.4 Å². The number of hydrogen-bond acceptors (Lipinski definition) is 4. The van der Waals surface area contributed by atoms with E-state index in [1.807, 2.05) is 19.1 Å². The fourth-order valence-corrected chi connectivity index (χ4v) is 4.52. The SMILES string of the molecule is CCN(Cc1ccc(Cl)cc1)C(=O)C1(S(C)(=O)=O)CCNCC1.Cl. The summed E-state index contributed by atoms with van der Waals surface area (Å²) in [5, 5.41) is 3.76. The van der Waals surface area contributed by atoms with Crippen LogP contribution in [0.3, 0.4) is 0 Å². The van der Waals surface area contributed by atoms with E-state index in [1.165, 1.54) is 6.26 Å². The number of nitrogens with one attached hydrogen (secondary N) is 1. The zero-order valence-electron chi connectivity index (χ0n) is 13.9. The number of nitrogens with zero attached hydrogens (tertiary/aromatic N) is 1. The number of amides is 1. The van der Waals surface area contributed by atoms with Gasteiger partial charge < -0.3 is 10.2 Å². The summed E-state index contributed by atoms with van der Waals surface area (Å²) in [4.78, 5) is 14.7. The minimum atomic E-state index is -3.49. The topological polar surface area (TPSA) is 66.5 Å². The molecule has 0 aromatic heterocycles. The summed E-state index contributed by atoms with van der Waals surface area (Å²) in [5.41, 5.74) is 0.933. The molecule has 0 bridgehead atoms. The van der Waals surface area contributed by atoms with Gasteiger partial charge in [-0.15, -0.1) is 12.4 Å². The summed E-state index contributed by atoms with van der Waals surface area (Å²) in [5.74, 6) is -0.293. The zero-order valence-corrected chi connectivity index (χ0v) is 16.3. The number of rotatable bonds is 5. The maximum absolute atomic E-state index is 13.1. The van der Waals surface area contributed by atoms with E-state index in [4.69, 9.17) is 11.6 Å². The van der Waals surface area contributed by atoms with Gasteiger partial charge in [0.05, 0.1) is 0 Å². The number of halogens is 2. The minimum absolute atomic E-state index is 0. The smallest absolute Gasteiger partial charge is 0.244 e. The monoisotopic (exact) mass is 394 g/mol. The lowest BCUT2D eigenvalue weighted by molar-refractivity contribution is -0.135. The van der Waals surface area contributed by atoms with Crippen molar-refractivity contribution < 1.29 is 13.2 Å². The maximum Gasteiger partial charge on any atom is 0.244 e. The fourth-order valence-electron chi connectivity index (χ4n) is 3.00. The van der Waals surface area contributed by atoms with Crippen molar-refractivity contribution in [3.63, 3.8) is 0 Å². The van der Waals surface area contributed by atoms with Gasteiger partial charge in [-0.2, -0.15) is 0 Å². The molecule has 1 amide bonds. The van der Waals surface area contributed by atoms with Crippen molar-refractivity contribution in [2.45, 2.75) is 31.1 Å². The summed E-state index contributed by atoms with van der Waals surface area (Å²) in [6, 6.07) is 7.25. The third-order valence-electron chi connectivity index (χ3n) is 4.47. The van der Waals surface area contributed by atoms with E-state index in [1.54, 1.807) is 17.0 Å². The van der Waals surface area contributed by atoms with E-state index in [0.29, 0.717) is 44.0 Å². The lowest BCUT2D eigenvalue weighted by Gasteiger charge is -2.38. The molecule has 1 aliphatic heterocycles. The van der Waals surface area contributed by atoms with Gasteiger partial charge >= 0.3 is 0 Å². The van der Waals surface area contributed by atoms with Crippen molar-refractivity contribution in [1.82, 2.24) is 10.2 Å². The van der Waals surface area contributed by atoms with Crippen LogP contribution in [0.1, 0.15) is 25.3 Å². The van der Waals surface area contributed by atoms with Gasteiger partial charge in [0.15, 0.2) is 14.6 Å². The Bertz CT molecular complexity index is 656. The largest absolute Gasteiger partial charge is 0.337 e. The minimum Gasteiger partial charge on any atom is -0.337 e. The van der Waals surface area contributed by atoms with E-state index in [2.05, 4.69) is 5.32 Å². The molecule has 0 aliphatic carbocycles. The molecule has 1 aliphatic rings. The van der Waals surface area contributed by atoms with Crippen molar-refractivity contribution in [2.24, 2.45) is 0 Å². The molecule has 0 spiro atoms. The van der Waals surface area contributed by atoms with Crippen LogP contribution < -0.4 is 5.32 Å². The molecule has 1 saturated heterocycles. The van der Waals surface area contributed by atoms with Crippen LogP contribution in [0.25, 0.3) is 0 Å². The lowest BCUT2D eigenvalue weighted by atomic mass is 9.95. The third-order valence-corrected chi connectivity index (χ3v) is 6.72. The van der Waals surface area contributed by atoms with E-state index < -0.39 is 14.6 Å². The molecular weight excluding hydrogens is 371 g/mol. The van der Waals surface area contributed by atoms with Crippen molar-refractivity contribution in [3.05, 3.63) is 34.9 Å². The van der Waals surface area contributed by atoms with Gasteiger partial charge in [-0.25, -0.2) is 8.42 Å². The first-order valence-electron chi connectivity index (χ1n) is 7.74. The van der Waals surface area contributed by atoms with E-state index in [9.17, 15) is 13.2 Å². The normalized spacial score (nSPS) is 17.0. The molecule has 0 saturated carbocycles. The zero-order chi connectivity index (χ0) is 17.1. The first-order valence-corrected chi connectivity index (χ1v) is 10.0. The average Bonchev–Trinajstić information content (AvgIpc) is 2.53. The number of hydrogen-bond donors (Lipinski definition) is 1. The summed E-state index contributed by atoms with van der Waals surface area (Å²) < 4.78 is 23.4. The number of piperidine rings is 1. The van der Waals surface area contributed by atoms with Crippen molar-refractivity contribution >= 4 is 39.8 Å². The summed E-state index contributed by atoms with van der Waals surface area (Å²) in [6.45, 7) is 3.79. The fraction of sp³-hybridized carbons (Fsp3) is 0.562. The van der Waals surface area contributed by atoms with Crippen molar-refractivity contribution in [3.8, 4) is 0 Å². The Kier molecular flexibility index (Phi) is 7.53. The highest BCUT2D eigenvalue weighted by molar-refractivity contribution is 7.92. The molecule has 1 heterocycles. The van der Waals surface area contributed by atoms with Crippen LogP contribution in [-0.2, 0) is 21.2 Å². The maximum atomic E-state index is 13.1. The van der Waals surface area contributed by atoms with Gasteiger partial charge in [-0.1, -0.05) is 23.7 Å². The number of carbonyl (C=O) groups is 1. The Morgan fingerprint density at radius 1 is 1.25 bits per heavy atom. The number of sulfone groups is 1. The van der Waals surface area contributed by atoms with E-state index in [-0.39, 0.29) is 18.3 Å². The molecule has 0 unspecified atom stereocenters. The van der Waals surface area contributed by atoms with E-state index >= 15 is 0 Å². The molecule has 0 atom stereocenters. The highest BCUT2D eigenvalue weighted by Gasteiger charge is 2.50. The molecule has 8 heteroatoms. The standard InChI is InChI=1S/C16H23ClN2O3S.ClH/c1-3-19(12-13-4-6-14(17)7-5-13)15(20)16(23(2,21)22)8-10-18-11-9-16;/h4-7,18H,3,8-12H2,1-2H3;1H. The molecule has 1 N–H and O–H groups in total. The van der Waals surface area contributed by atoms with Crippen LogP contribution in [0.5, 0.6) is 0 Å². The quantitative estimate of drug-likeness (QED) is 0.831. The molecule has 5 nitrogen and oxygen atoms in total. The molecular formula is C16H24Cl2N2O3S. The average molecular weight is 395 g/mol. The third kappa shape index (κ3) is 4.42. The van der Waals surface area contributed by atoms with Gasteiger partial charge in [0.1, 0.15) is 0 Å². The van der Waals surface area contributed by atoms with Crippen molar-refractivity contribution in [1.29, 1.82) is 0 Å². The summed E-state index contributed by atoms with van der Waals surface area (Å²) in [6.07, 6.45) is 1.82. The van der Waals surface area contributed by atoms with Crippen LogP contribution in [0.4, 0.5) is 0 Å². The van der Waals surface area contributed by atoms with Crippen LogP contribution in [0.2, 0.25) is 5.02 Å².